The molecule has 1 fully saturated rings. The van der Waals surface area contributed by atoms with Crippen LogP contribution < -0.4 is 11.1 Å². The van der Waals surface area contributed by atoms with E-state index < -0.39 is 12.0 Å². The van der Waals surface area contributed by atoms with Crippen LogP contribution in [0.5, 0.6) is 0 Å². The highest BCUT2D eigenvalue weighted by atomic mass is 35.5. The Morgan fingerprint density at radius 3 is 2.73 bits per heavy atom. The van der Waals surface area contributed by atoms with Gasteiger partial charge in [-0.2, -0.15) is 0 Å². The minimum Gasteiger partial charge on any atom is -0.362 e. The minimum atomic E-state index is -0.600. The summed E-state index contributed by atoms with van der Waals surface area (Å²) in [5, 5.41) is 4.36. The summed E-state index contributed by atoms with van der Waals surface area (Å²) in [5.74, 6) is 0.0811. The van der Waals surface area contributed by atoms with Crippen LogP contribution in [0.4, 0.5) is 10.2 Å². The summed E-state index contributed by atoms with van der Waals surface area (Å²) in [6.45, 7) is 2.68. The highest BCUT2D eigenvalue weighted by Crippen LogP contribution is 2.33. The van der Waals surface area contributed by atoms with E-state index in [1.54, 1.807) is 13.2 Å². The van der Waals surface area contributed by atoms with Crippen LogP contribution in [0.2, 0.25) is 10.0 Å². The zero-order valence-corrected chi connectivity index (χ0v) is 17.9. The fraction of sp³-hybridized carbons (Fsp3) is 0.333. The number of para-hydroxylation sites is 1. The topological polar surface area (TPSA) is 76.3 Å². The molecule has 0 bridgehead atoms. The second-order valence-electron chi connectivity index (χ2n) is 7.27. The van der Waals surface area contributed by atoms with Gasteiger partial charge < -0.3 is 20.7 Å². The van der Waals surface area contributed by atoms with Gasteiger partial charge in [0.25, 0.3) is 0 Å². The van der Waals surface area contributed by atoms with Crippen LogP contribution in [0.3, 0.4) is 0 Å². The van der Waals surface area contributed by atoms with Crippen molar-refractivity contribution in [2.24, 2.45) is 5.73 Å². The van der Waals surface area contributed by atoms with Gasteiger partial charge in [-0.25, -0.2) is 14.4 Å². The average Bonchev–Trinajstić information content (AvgIpc) is 2.72. The van der Waals surface area contributed by atoms with Gasteiger partial charge in [0.15, 0.2) is 0 Å². The molecule has 2 heterocycles. The van der Waals surface area contributed by atoms with Crippen molar-refractivity contribution in [2.45, 2.75) is 18.7 Å². The second-order valence-corrected chi connectivity index (χ2v) is 8.06. The largest absolute Gasteiger partial charge is 0.362 e. The van der Waals surface area contributed by atoms with Crippen LogP contribution in [-0.4, -0.2) is 41.6 Å². The van der Waals surface area contributed by atoms with Gasteiger partial charge in [-0.3, -0.25) is 0 Å². The van der Waals surface area contributed by atoms with Crippen LogP contribution in [0, 0.1) is 5.82 Å². The lowest BCUT2D eigenvalue weighted by Gasteiger charge is -2.35. The first-order valence-electron chi connectivity index (χ1n) is 9.63. The number of hydrogen-bond acceptors (Lipinski definition) is 6. The monoisotopic (exact) mass is 449 g/mol. The third-order valence-electron chi connectivity index (χ3n) is 5.37. The maximum absolute atomic E-state index is 14.3. The number of anilines is 1. The van der Waals surface area contributed by atoms with Crippen molar-refractivity contribution < 1.29 is 9.13 Å². The molecule has 158 valence electrons. The highest BCUT2D eigenvalue weighted by molar-refractivity contribution is 6.42. The molecule has 2 atom stereocenters. The number of methoxy groups -OCH3 is 1. The standard InChI is InChI=1S/C21H22Cl2FN5O/c1-30-20(25)13-4-2-5-14-19(13)26-11-27-21(14)28-17(10-29-6-3-7-29)12-8-15(22)18(23)16(24)9-12/h2,4-5,8-9,11,17,20H,3,6-7,10,25H2,1H3,(H,26,27,28)/t17-,20?/m1/s1. The lowest BCUT2D eigenvalue weighted by molar-refractivity contribution is 0.110. The molecule has 0 amide bonds. The molecule has 9 heteroatoms. The Labute approximate surface area is 184 Å². The smallest absolute Gasteiger partial charge is 0.143 e. The number of aromatic nitrogens is 2. The normalized spacial score (nSPS) is 16.3. The summed E-state index contributed by atoms with van der Waals surface area (Å²) in [4.78, 5) is 11.1. The predicted molar refractivity (Wildman–Crippen MR) is 117 cm³/mol. The Morgan fingerprint density at radius 2 is 2.07 bits per heavy atom. The molecule has 1 aliphatic rings. The molecular weight excluding hydrogens is 428 g/mol. The molecule has 2 aromatic carbocycles. The predicted octanol–water partition coefficient (Wildman–Crippen LogP) is 4.54. The van der Waals surface area contributed by atoms with E-state index in [0.717, 1.165) is 30.5 Å². The van der Waals surface area contributed by atoms with Crippen molar-refractivity contribution >= 4 is 39.9 Å². The number of likely N-dealkylation sites (tertiary alicyclic amines) is 1. The van der Waals surface area contributed by atoms with Crippen LogP contribution in [0.25, 0.3) is 10.9 Å². The average molecular weight is 450 g/mol. The molecule has 3 aromatic rings. The van der Waals surface area contributed by atoms with Gasteiger partial charge in [0.2, 0.25) is 0 Å². The van der Waals surface area contributed by atoms with E-state index >= 15 is 0 Å². The summed E-state index contributed by atoms with van der Waals surface area (Å²) >= 11 is 12.1. The molecule has 1 aliphatic heterocycles. The van der Waals surface area contributed by atoms with Gasteiger partial charge >= 0.3 is 0 Å². The molecule has 3 N–H and O–H groups in total. The number of hydrogen-bond donors (Lipinski definition) is 2. The third kappa shape index (κ3) is 4.22. The number of halogens is 3. The highest BCUT2D eigenvalue weighted by Gasteiger charge is 2.24. The van der Waals surface area contributed by atoms with Crippen molar-refractivity contribution in [2.75, 3.05) is 32.1 Å². The lowest BCUT2D eigenvalue weighted by atomic mass is 10.0. The van der Waals surface area contributed by atoms with Crippen molar-refractivity contribution in [3.8, 4) is 0 Å². The van der Waals surface area contributed by atoms with E-state index in [-0.39, 0.29) is 16.1 Å². The summed E-state index contributed by atoms with van der Waals surface area (Å²) in [6.07, 6.45) is 2.03. The molecule has 0 radical (unpaired) electrons. The zero-order chi connectivity index (χ0) is 21.3. The number of nitrogens with two attached hydrogens (primary N) is 1. The van der Waals surface area contributed by atoms with Crippen LogP contribution >= 0.6 is 23.2 Å². The summed E-state index contributed by atoms with van der Waals surface area (Å²) in [5.41, 5.74) is 8.23. The molecule has 0 saturated carbocycles. The molecule has 1 aromatic heterocycles. The number of nitrogens with one attached hydrogen (secondary N) is 1. The van der Waals surface area contributed by atoms with Crippen molar-refractivity contribution in [3.63, 3.8) is 0 Å². The number of rotatable bonds is 7. The lowest BCUT2D eigenvalue weighted by Crippen LogP contribution is -2.41. The molecule has 0 spiro atoms. The van der Waals surface area contributed by atoms with Crippen molar-refractivity contribution in [1.82, 2.24) is 14.9 Å². The van der Waals surface area contributed by atoms with E-state index in [1.165, 1.54) is 12.4 Å². The summed E-state index contributed by atoms with van der Waals surface area (Å²) in [6, 6.07) is 8.54. The molecule has 1 unspecified atom stereocenters. The van der Waals surface area contributed by atoms with Gasteiger partial charge in [0, 0.05) is 24.6 Å². The van der Waals surface area contributed by atoms with Gasteiger partial charge in [-0.15, -0.1) is 0 Å². The Morgan fingerprint density at radius 1 is 1.27 bits per heavy atom. The molecule has 0 aliphatic carbocycles. The van der Waals surface area contributed by atoms with E-state index in [1.807, 2.05) is 18.2 Å². The molecule has 1 saturated heterocycles. The van der Waals surface area contributed by atoms with Crippen LogP contribution in [-0.2, 0) is 4.74 Å². The molecule has 4 rings (SSSR count). The SMILES string of the molecule is COC(N)c1cccc2c(N[C@H](CN3CCC3)c3cc(F)c(Cl)c(Cl)c3)ncnc12. The molecule has 6 nitrogen and oxygen atoms in total. The zero-order valence-electron chi connectivity index (χ0n) is 16.4. The van der Waals surface area contributed by atoms with Crippen LogP contribution in [0.1, 0.15) is 29.8 Å². The fourth-order valence-corrected chi connectivity index (χ4v) is 3.91. The summed E-state index contributed by atoms with van der Waals surface area (Å²) < 4.78 is 19.6. The molecular formula is C21H22Cl2FN5O. The third-order valence-corrected chi connectivity index (χ3v) is 6.14. The van der Waals surface area contributed by atoms with Crippen LogP contribution in [0.15, 0.2) is 36.7 Å². The van der Waals surface area contributed by atoms with Crippen molar-refractivity contribution in [1.29, 1.82) is 0 Å². The number of ether oxygens (including phenoxy) is 1. The Kier molecular flexibility index (Phi) is 6.36. The van der Waals surface area contributed by atoms with Gasteiger partial charge in [0.05, 0.1) is 21.6 Å². The second kappa shape index (κ2) is 8.99. The van der Waals surface area contributed by atoms with E-state index in [0.29, 0.717) is 23.4 Å². The Balaban J connectivity index is 1.74. The maximum atomic E-state index is 14.3. The Hall–Kier alpha value is -2.03. The van der Waals surface area contributed by atoms with E-state index in [4.69, 9.17) is 33.7 Å². The first-order valence-corrected chi connectivity index (χ1v) is 10.4. The van der Waals surface area contributed by atoms with Crippen molar-refractivity contribution in [3.05, 3.63) is 63.6 Å². The number of nitrogens with zero attached hydrogens (tertiary/aromatic N) is 3. The molecule has 30 heavy (non-hydrogen) atoms. The van der Waals surface area contributed by atoms with E-state index in [9.17, 15) is 4.39 Å². The quantitative estimate of drug-likeness (QED) is 0.407. The maximum Gasteiger partial charge on any atom is 0.143 e. The van der Waals surface area contributed by atoms with Gasteiger partial charge in [0.1, 0.15) is 24.2 Å². The van der Waals surface area contributed by atoms with E-state index in [2.05, 4.69) is 20.2 Å². The fourth-order valence-electron chi connectivity index (χ4n) is 3.58. The number of benzene rings is 2. The first kappa shape index (κ1) is 21.2. The Bertz CT molecular complexity index is 1040. The minimum absolute atomic E-state index is 0.0752. The van der Waals surface area contributed by atoms with Gasteiger partial charge in [-0.1, -0.05) is 35.3 Å². The summed E-state index contributed by atoms with van der Waals surface area (Å²) in [7, 11) is 1.55. The number of fused-ring (bicyclic) bond motifs is 1. The first-order chi connectivity index (χ1) is 14.5. The van der Waals surface area contributed by atoms with Gasteiger partial charge in [-0.05, 0) is 43.3 Å².